The van der Waals surface area contributed by atoms with Crippen LogP contribution in [0.1, 0.15) is 44.1 Å². The minimum absolute atomic E-state index is 0.130. The molecule has 2 atom stereocenters. The highest BCUT2D eigenvalue weighted by molar-refractivity contribution is 5.91. The molecule has 3 rings (SSSR count). The third kappa shape index (κ3) is 4.03. The molecule has 0 bridgehead atoms. The van der Waals surface area contributed by atoms with Crippen LogP contribution < -0.4 is 0 Å². The van der Waals surface area contributed by atoms with E-state index in [-0.39, 0.29) is 5.91 Å². The molecule has 1 aromatic rings. The minimum atomic E-state index is 0.130. The van der Waals surface area contributed by atoms with Gasteiger partial charge in [-0.25, -0.2) is 0 Å². The van der Waals surface area contributed by atoms with Gasteiger partial charge in [0.1, 0.15) is 0 Å². The van der Waals surface area contributed by atoms with E-state index < -0.39 is 0 Å². The predicted molar refractivity (Wildman–Crippen MR) is 95.1 cm³/mol. The fourth-order valence-electron chi connectivity index (χ4n) is 4.06. The largest absolute Gasteiger partial charge is 0.338 e. The summed E-state index contributed by atoms with van der Waals surface area (Å²) in [5, 5.41) is 0. The van der Waals surface area contributed by atoms with Gasteiger partial charge in [-0.2, -0.15) is 0 Å². The molecule has 0 N–H and O–H groups in total. The van der Waals surface area contributed by atoms with Crippen LogP contribution in [0.5, 0.6) is 0 Å². The van der Waals surface area contributed by atoms with Crippen molar-refractivity contribution in [3.63, 3.8) is 0 Å². The van der Waals surface area contributed by atoms with Crippen molar-refractivity contribution in [3.05, 3.63) is 42.0 Å². The maximum Gasteiger partial charge on any atom is 0.246 e. The van der Waals surface area contributed by atoms with Crippen molar-refractivity contribution in [1.82, 2.24) is 9.80 Å². The quantitative estimate of drug-likeness (QED) is 0.794. The number of hydrogen-bond donors (Lipinski definition) is 0. The van der Waals surface area contributed by atoms with Crippen LogP contribution in [-0.4, -0.2) is 47.9 Å². The van der Waals surface area contributed by atoms with Crippen LogP contribution in [0.15, 0.2) is 36.4 Å². The van der Waals surface area contributed by atoms with Crippen molar-refractivity contribution < 1.29 is 4.79 Å². The Bertz CT molecular complexity index is 534. The van der Waals surface area contributed by atoms with Crippen LogP contribution >= 0.6 is 0 Å². The molecule has 124 valence electrons. The van der Waals surface area contributed by atoms with E-state index in [9.17, 15) is 4.79 Å². The molecule has 1 aliphatic heterocycles. The normalized spacial score (nSPS) is 25.8. The van der Waals surface area contributed by atoms with Gasteiger partial charge in [0.2, 0.25) is 5.91 Å². The first-order valence-electron chi connectivity index (χ1n) is 8.99. The number of likely N-dealkylation sites (N-methyl/N-ethyl adjacent to an activating group) is 1. The van der Waals surface area contributed by atoms with Crippen molar-refractivity contribution in [2.24, 2.45) is 0 Å². The summed E-state index contributed by atoms with van der Waals surface area (Å²) >= 11 is 0. The van der Waals surface area contributed by atoms with Crippen LogP contribution in [0.4, 0.5) is 0 Å². The van der Waals surface area contributed by atoms with Crippen LogP contribution in [-0.2, 0) is 4.79 Å². The smallest absolute Gasteiger partial charge is 0.246 e. The van der Waals surface area contributed by atoms with Crippen LogP contribution in [0.3, 0.4) is 0 Å². The molecule has 0 spiro atoms. The van der Waals surface area contributed by atoms with Crippen molar-refractivity contribution in [1.29, 1.82) is 0 Å². The van der Waals surface area contributed by atoms with E-state index >= 15 is 0 Å². The van der Waals surface area contributed by atoms with Gasteiger partial charge in [-0.05, 0) is 50.4 Å². The highest BCUT2D eigenvalue weighted by atomic mass is 16.2. The molecule has 1 saturated heterocycles. The molecule has 0 aromatic heterocycles. The van der Waals surface area contributed by atoms with E-state index in [4.69, 9.17) is 0 Å². The lowest BCUT2D eigenvalue weighted by Crippen LogP contribution is -2.52. The van der Waals surface area contributed by atoms with E-state index in [2.05, 4.69) is 4.90 Å². The van der Waals surface area contributed by atoms with Gasteiger partial charge in [0.05, 0.1) is 0 Å². The summed E-state index contributed by atoms with van der Waals surface area (Å²) < 4.78 is 0. The number of nitrogens with zero attached hydrogens (tertiary/aromatic N) is 2. The molecule has 1 aromatic carbocycles. The Labute approximate surface area is 140 Å². The Balaban J connectivity index is 1.65. The molecule has 3 nitrogen and oxygen atoms in total. The van der Waals surface area contributed by atoms with Crippen LogP contribution in [0.25, 0.3) is 6.08 Å². The van der Waals surface area contributed by atoms with Gasteiger partial charge in [0, 0.05) is 25.2 Å². The molecule has 1 saturated carbocycles. The lowest BCUT2D eigenvalue weighted by atomic mass is 9.88. The first kappa shape index (κ1) is 16.3. The van der Waals surface area contributed by atoms with E-state index in [1.807, 2.05) is 48.4 Å². The lowest BCUT2D eigenvalue weighted by molar-refractivity contribution is -0.128. The number of carbonyl (C=O) groups is 1. The third-order valence-electron chi connectivity index (χ3n) is 5.37. The van der Waals surface area contributed by atoms with Crippen molar-refractivity contribution in [2.75, 3.05) is 20.1 Å². The van der Waals surface area contributed by atoms with Gasteiger partial charge >= 0.3 is 0 Å². The molecular weight excluding hydrogens is 284 g/mol. The number of rotatable bonds is 4. The second-order valence-electron chi connectivity index (χ2n) is 6.86. The molecule has 1 amide bonds. The van der Waals surface area contributed by atoms with Gasteiger partial charge in [0.15, 0.2) is 0 Å². The van der Waals surface area contributed by atoms with Gasteiger partial charge in [0.25, 0.3) is 0 Å². The molecular formula is C20H28N2O. The van der Waals surface area contributed by atoms with Crippen LogP contribution in [0, 0.1) is 0 Å². The first-order valence-corrected chi connectivity index (χ1v) is 8.99. The number of amides is 1. The maximum absolute atomic E-state index is 12.6. The van der Waals surface area contributed by atoms with Gasteiger partial charge < -0.3 is 4.90 Å². The van der Waals surface area contributed by atoms with Gasteiger partial charge in [-0.15, -0.1) is 0 Å². The van der Waals surface area contributed by atoms with Crippen molar-refractivity contribution in [3.8, 4) is 0 Å². The molecule has 0 radical (unpaired) electrons. The minimum Gasteiger partial charge on any atom is -0.338 e. The number of likely N-dealkylation sites (tertiary alicyclic amines) is 1. The summed E-state index contributed by atoms with van der Waals surface area (Å²) in [6, 6.07) is 11.0. The number of carbonyl (C=O) groups excluding carboxylic acids is 1. The predicted octanol–water partition coefficient (Wildman–Crippen LogP) is 3.57. The Morgan fingerprint density at radius 1 is 1.09 bits per heavy atom. The maximum atomic E-state index is 12.6. The molecule has 1 heterocycles. The molecule has 2 fully saturated rings. The topological polar surface area (TPSA) is 23.6 Å². The molecule has 3 heteroatoms. The molecule has 2 aliphatic rings. The fourth-order valence-corrected chi connectivity index (χ4v) is 4.06. The van der Waals surface area contributed by atoms with Crippen molar-refractivity contribution in [2.45, 2.75) is 50.6 Å². The van der Waals surface area contributed by atoms with E-state index in [0.717, 1.165) is 12.0 Å². The van der Waals surface area contributed by atoms with E-state index in [1.165, 1.54) is 45.2 Å². The summed E-state index contributed by atoms with van der Waals surface area (Å²) in [5.74, 6) is 0.130. The Hall–Kier alpha value is -1.61. The number of hydrogen-bond acceptors (Lipinski definition) is 2. The SMILES string of the molecule is CN(C(=O)/C=C/c1ccccc1)[C@H]1CCCC[C@H]1N1CCCC1. The average Bonchev–Trinajstić information content (AvgIpc) is 3.14. The lowest BCUT2D eigenvalue weighted by Gasteiger charge is -2.42. The molecule has 23 heavy (non-hydrogen) atoms. The summed E-state index contributed by atoms with van der Waals surface area (Å²) in [5.41, 5.74) is 1.08. The summed E-state index contributed by atoms with van der Waals surface area (Å²) in [6.45, 7) is 2.42. The Morgan fingerprint density at radius 3 is 2.52 bits per heavy atom. The van der Waals surface area contributed by atoms with E-state index in [1.54, 1.807) is 6.08 Å². The summed E-state index contributed by atoms with van der Waals surface area (Å²) in [7, 11) is 1.98. The average molecular weight is 312 g/mol. The Kier molecular flexibility index (Phi) is 5.50. The molecule has 1 aliphatic carbocycles. The summed E-state index contributed by atoms with van der Waals surface area (Å²) in [4.78, 5) is 17.2. The highest BCUT2D eigenvalue weighted by Crippen LogP contribution is 2.29. The zero-order valence-electron chi connectivity index (χ0n) is 14.2. The van der Waals surface area contributed by atoms with Gasteiger partial charge in [-0.1, -0.05) is 43.2 Å². The van der Waals surface area contributed by atoms with Gasteiger partial charge in [-0.3, -0.25) is 9.69 Å². The van der Waals surface area contributed by atoms with Crippen LogP contribution in [0.2, 0.25) is 0 Å². The second kappa shape index (κ2) is 7.78. The third-order valence-corrected chi connectivity index (χ3v) is 5.37. The fraction of sp³-hybridized carbons (Fsp3) is 0.550. The second-order valence-corrected chi connectivity index (χ2v) is 6.86. The van der Waals surface area contributed by atoms with E-state index in [0.29, 0.717) is 12.1 Å². The molecule has 0 unspecified atom stereocenters. The standard InChI is InChI=1S/C20H28N2O/c1-21(20(23)14-13-17-9-3-2-4-10-17)18-11-5-6-12-19(18)22-15-7-8-16-22/h2-4,9-10,13-14,18-19H,5-8,11-12,15-16H2,1H3/b14-13+/t18-,19+/m0/s1. The highest BCUT2D eigenvalue weighted by Gasteiger charge is 2.34. The zero-order valence-corrected chi connectivity index (χ0v) is 14.2. The first-order chi connectivity index (χ1) is 11.3. The number of benzene rings is 1. The summed E-state index contributed by atoms with van der Waals surface area (Å²) in [6.07, 6.45) is 11.2. The van der Waals surface area contributed by atoms with Crippen molar-refractivity contribution >= 4 is 12.0 Å². The monoisotopic (exact) mass is 312 g/mol. The zero-order chi connectivity index (χ0) is 16.1. The Morgan fingerprint density at radius 2 is 1.78 bits per heavy atom.